The Labute approximate surface area is 116 Å². The molecule has 0 saturated carbocycles. The molecule has 110 valence electrons. The number of benzene rings is 1. The van der Waals surface area contributed by atoms with Gasteiger partial charge in [-0.15, -0.1) is 0 Å². The maximum atomic E-state index is 13.1. The summed E-state index contributed by atoms with van der Waals surface area (Å²) in [5, 5.41) is 9.98. The Balaban J connectivity index is 1.91. The zero-order chi connectivity index (χ0) is 14.7. The van der Waals surface area contributed by atoms with Gasteiger partial charge in [-0.1, -0.05) is 0 Å². The average Bonchev–Trinajstić information content (AvgIpc) is 2.78. The lowest BCUT2D eigenvalue weighted by atomic mass is 10.2. The zero-order valence-electron chi connectivity index (χ0n) is 11.4. The molecule has 6 heteroatoms. The highest BCUT2D eigenvalue weighted by molar-refractivity contribution is 5.78. The van der Waals surface area contributed by atoms with E-state index in [2.05, 4.69) is 0 Å². The minimum absolute atomic E-state index is 0.0551. The van der Waals surface area contributed by atoms with E-state index >= 15 is 0 Å². The molecular weight excluding hydrogens is 266 g/mol. The molecule has 0 aromatic heterocycles. The number of rotatable bonds is 5. The van der Waals surface area contributed by atoms with Gasteiger partial charge in [0.25, 0.3) is 0 Å². The van der Waals surface area contributed by atoms with E-state index in [-0.39, 0.29) is 19.0 Å². The highest BCUT2D eigenvalue weighted by Crippen LogP contribution is 2.17. The Morgan fingerprint density at radius 1 is 1.40 bits per heavy atom. The van der Waals surface area contributed by atoms with Crippen molar-refractivity contribution in [3.8, 4) is 0 Å². The lowest BCUT2D eigenvalue weighted by Gasteiger charge is -2.26. The fourth-order valence-corrected chi connectivity index (χ4v) is 2.35. The molecule has 1 aliphatic rings. The van der Waals surface area contributed by atoms with Crippen LogP contribution in [0.15, 0.2) is 18.2 Å². The number of hydrogen-bond acceptors (Lipinski definition) is 3. The van der Waals surface area contributed by atoms with Gasteiger partial charge < -0.3 is 14.9 Å². The number of nitrogens with zero attached hydrogens (tertiary/aromatic N) is 2. The minimum Gasteiger partial charge on any atom is -0.389 e. The summed E-state index contributed by atoms with van der Waals surface area (Å²) < 4.78 is 26.0. The quantitative estimate of drug-likeness (QED) is 0.888. The van der Waals surface area contributed by atoms with E-state index in [0.717, 1.165) is 18.6 Å². The Morgan fingerprint density at radius 3 is 2.75 bits per heavy atom. The summed E-state index contributed by atoms with van der Waals surface area (Å²) in [4.78, 5) is 14.7. The molecule has 1 unspecified atom stereocenters. The van der Waals surface area contributed by atoms with Crippen LogP contribution in [0.25, 0.3) is 0 Å². The molecule has 1 heterocycles. The first-order valence-electron chi connectivity index (χ1n) is 6.59. The number of likely N-dealkylation sites (tertiary alicyclic amines) is 1. The van der Waals surface area contributed by atoms with Gasteiger partial charge in [-0.25, -0.2) is 8.78 Å². The molecule has 1 fully saturated rings. The number of carbonyl (C=O) groups excluding carboxylic acids is 1. The smallest absolute Gasteiger partial charge is 0.222 e. The Kier molecular flexibility index (Phi) is 4.54. The molecule has 4 nitrogen and oxygen atoms in total. The van der Waals surface area contributed by atoms with E-state index in [1.165, 1.54) is 6.07 Å². The summed E-state index contributed by atoms with van der Waals surface area (Å²) >= 11 is 0. The van der Waals surface area contributed by atoms with Crippen LogP contribution in [0, 0.1) is 11.6 Å². The number of halogens is 2. The summed E-state index contributed by atoms with van der Waals surface area (Å²) in [5.74, 6) is -1.76. The van der Waals surface area contributed by atoms with Crippen LogP contribution in [0.2, 0.25) is 0 Å². The van der Waals surface area contributed by atoms with Crippen LogP contribution in [-0.2, 0) is 4.79 Å². The fourth-order valence-electron chi connectivity index (χ4n) is 2.35. The third-order valence-corrected chi connectivity index (χ3v) is 3.43. The Hall–Kier alpha value is -1.69. The number of amides is 1. The van der Waals surface area contributed by atoms with Crippen LogP contribution in [-0.4, -0.2) is 48.7 Å². The Morgan fingerprint density at radius 2 is 2.15 bits per heavy atom. The zero-order valence-corrected chi connectivity index (χ0v) is 11.4. The number of carbonyl (C=O) groups is 1. The average molecular weight is 284 g/mol. The number of anilines is 1. The minimum atomic E-state index is -0.918. The molecule has 1 aliphatic heterocycles. The van der Waals surface area contributed by atoms with Crippen molar-refractivity contribution in [3.05, 3.63) is 29.8 Å². The number of aliphatic hydroxyl groups excluding tert-OH is 1. The summed E-state index contributed by atoms with van der Waals surface area (Å²) in [5.41, 5.74) is 0.482. The van der Waals surface area contributed by atoms with Crippen LogP contribution in [0.3, 0.4) is 0 Å². The van der Waals surface area contributed by atoms with Crippen molar-refractivity contribution in [1.29, 1.82) is 0 Å². The molecule has 1 aromatic carbocycles. The molecule has 0 aliphatic carbocycles. The molecule has 0 bridgehead atoms. The van der Waals surface area contributed by atoms with Crippen molar-refractivity contribution >= 4 is 11.6 Å². The van der Waals surface area contributed by atoms with Crippen molar-refractivity contribution in [1.82, 2.24) is 4.90 Å². The van der Waals surface area contributed by atoms with Crippen molar-refractivity contribution in [2.24, 2.45) is 0 Å². The van der Waals surface area contributed by atoms with Crippen molar-refractivity contribution in [2.75, 3.05) is 31.6 Å². The van der Waals surface area contributed by atoms with E-state index in [9.17, 15) is 18.7 Å². The highest BCUT2D eigenvalue weighted by atomic mass is 19.2. The van der Waals surface area contributed by atoms with Gasteiger partial charge in [0.05, 0.1) is 6.10 Å². The molecule has 1 amide bonds. The van der Waals surface area contributed by atoms with Gasteiger partial charge in [-0.2, -0.15) is 0 Å². The van der Waals surface area contributed by atoms with Crippen LogP contribution < -0.4 is 4.90 Å². The third kappa shape index (κ3) is 3.45. The number of aliphatic hydroxyl groups is 1. The maximum Gasteiger partial charge on any atom is 0.222 e. The van der Waals surface area contributed by atoms with Gasteiger partial charge in [0.2, 0.25) is 5.91 Å². The Bertz CT molecular complexity index is 496. The summed E-state index contributed by atoms with van der Waals surface area (Å²) in [6.45, 7) is 1.19. The van der Waals surface area contributed by atoms with E-state index in [0.29, 0.717) is 18.7 Å². The summed E-state index contributed by atoms with van der Waals surface area (Å²) in [6, 6.07) is 3.59. The largest absolute Gasteiger partial charge is 0.389 e. The van der Waals surface area contributed by atoms with Crippen molar-refractivity contribution in [2.45, 2.75) is 18.9 Å². The van der Waals surface area contributed by atoms with Gasteiger partial charge >= 0.3 is 0 Å². The third-order valence-electron chi connectivity index (χ3n) is 3.43. The van der Waals surface area contributed by atoms with Crippen LogP contribution in [0.5, 0.6) is 0 Å². The lowest BCUT2D eigenvalue weighted by molar-refractivity contribution is -0.128. The highest BCUT2D eigenvalue weighted by Gasteiger charge is 2.23. The van der Waals surface area contributed by atoms with E-state index in [1.807, 2.05) is 0 Å². The maximum absolute atomic E-state index is 13.1. The molecule has 0 spiro atoms. The van der Waals surface area contributed by atoms with Crippen molar-refractivity contribution in [3.63, 3.8) is 0 Å². The predicted molar refractivity (Wildman–Crippen MR) is 71.4 cm³/mol. The standard InChI is InChI=1S/C14H18F2N2O2/c1-17(10-4-5-12(15)13(16)7-10)8-11(19)9-18-6-2-3-14(18)20/h4-5,7,11,19H,2-3,6,8-9H2,1H3. The number of hydrogen-bond donors (Lipinski definition) is 1. The molecule has 1 atom stereocenters. The SMILES string of the molecule is CN(CC(O)CN1CCCC1=O)c1ccc(F)c(F)c1. The topological polar surface area (TPSA) is 43.8 Å². The van der Waals surface area contributed by atoms with Crippen LogP contribution in [0.1, 0.15) is 12.8 Å². The molecular formula is C14H18F2N2O2. The van der Waals surface area contributed by atoms with Gasteiger partial charge in [0.1, 0.15) is 0 Å². The van der Waals surface area contributed by atoms with Gasteiger partial charge in [-0.05, 0) is 18.6 Å². The monoisotopic (exact) mass is 284 g/mol. The first-order chi connectivity index (χ1) is 9.47. The lowest BCUT2D eigenvalue weighted by Crippen LogP contribution is -2.39. The predicted octanol–water partition coefficient (Wildman–Crippen LogP) is 1.38. The van der Waals surface area contributed by atoms with E-state index < -0.39 is 17.7 Å². The fraction of sp³-hybridized carbons (Fsp3) is 0.500. The first-order valence-corrected chi connectivity index (χ1v) is 6.59. The van der Waals surface area contributed by atoms with Gasteiger partial charge in [0, 0.05) is 44.9 Å². The van der Waals surface area contributed by atoms with Gasteiger partial charge in [-0.3, -0.25) is 4.79 Å². The molecule has 2 rings (SSSR count). The first kappa shape index (κ1) is 14.7. The summed E-state index contributed by atoms with van der Waals surface area (Å²) in [7, 11) is 1.68. The molecule has 1 saturated heterocycles. The number of β-amino-alcohol motifs (C(OH)–C–C–N with tert-alkyl or cyclic N) is 1. The van der Waals surface area contributed by atoms with Gasteiger partial charge in [0.15, 0.2) is 11.6 Å². The molecule has 20 heavy (non-hydrogen) atoms. The molecule has 0 radical (unpaired) electrons. The molecule has 1 aromatic rings. The molecule has 1 N–H and O–H groups in total. The van der Waals surface area contributed by atoms with Crippen LogP contribution in [0.4, 0.5) is 14.5 Å². The van der Waals surface area contributed by atoms with E-state index in [1.54, 1.807) is 16.8 Å². The second kappa shape index (κ2) is 6.17. The number of likely N-dealkylation sites (N-methyl/N-ethyl adjacent to an activating group) is 1. The second-order valence-electron chi connectivity index (χ2n) is 5.08. The van der Waals surface area contributed by atoms with E-state index in [4.69, 9.17) is 0 Å². The normalized spacial score (nSPS) is 16.6. The summed E-state index contributed by atoms with van der Waals surface area (Å²) in [6.07, 6.45) is 0.631. The van der Waals surface area contributed by atoms with Crippen molar-refractivity contribution < 1.29 is 18.7 Å². The van der Waals surface area contributed by atoms with Crippen LogP contribution >= 0.6 is 0 Å². The second-order valence-corrected chi connectivity index (χ2v) is 5.08.